The molecule has 0 saturated carbocycles. The molecule has 0 atom stereocenters. The number of benzene rings is 1. The van der Waals surface area contributed by atoms with Gasteiger partial charge in [0.2, 0.25) is 0 Å². The monoisotopic (exact) mass is 443 g/mol. The van der Waals surface area contributed by atoms with Gasteiger partial charge in [0.25, 0.3) is 0 Å². The van der Waals surface area contributed by atoms with Gasteiger partial charge in [-0.2, -0.15) is 5.10 Å². The molecular weight excluding hydrogens is 418 g/mol. The molecule has 6 nitrogen and oxygen atoms in total. The molecule has 1 aromatic carbocycles. The highest BCUT2D eigenvalue weighted by molar-refractivity contribution is 6.76. The van der Waals surface area contributed by atoms with E-state index < -0.39 is 8.07 Å². The summed E-state index contributed by atoms with van der Waals surface area (Å²) in [4.78, 5) is 4.18. The molecule has 0 saturated heterocycles. The van der Waals surface area contributed by atoms with Crippen LogP contribution in [0, 0.1) is 0 Å². The Morgan fingerprint density at radius 2 is 2.00 bits per heavy atom. The Kier molecular flexibility index (Phi) is 5.86. The standard InChI is InChI=1S/C22H26ClN3O3Si/c1-27-18-11-16-15(10-19(18)29-13-28-7-8-30(2,3)4)9-17-21(25-26-22(16)17)14-5-6-20(23)24-12-14/h5-6,10-12H,7-9,13H2,1-4H3,(H,25,26). The molecule has 1 aliphatic rings. The number of hydrogen-bond donors (Lipinski definition) is 1. The number of ether oxygens (including phenoxy) is 3. The summed E-state index contributed by atoms with van der Waals surface area (Å²) in [6.45, 7) is 7.93. The summed E-state index contributed by atoms with van der Waals surface area (Å²) in [5.74, 6) is 1.37. The van der Waals surface area contributed by atoms with Crippen molar-refractivity contribution in [3.8, 4) is 34.0 Å². The van der Waals surface area contributed by atoms with E-state index in [1.807, 2.05) is 18.2 Å². The van der Waals surface area contributed by atoms with Crippen LogP contribution in [0.1, 0.15) is 11.1 Å². The molecule has 0 radical (unpaired) electrons. The first-order valence-electron chi connectivity index (χ1n) is 9.97. The van der Waals surface area contributed by atoms with E-state index in [0.29, 0.717) is 16.7 Å². The Labute approximate surface area is 182 Å². The third-order valence-corrected chi connectivity index (χ3v) is 7.12. The first kappa shape index (κ1) is 20.9. The van der Waals surface area contributed by atoms with Gasteiger partial charge in [0.05, 0.1) is 18.5 Å². The van der Waals surface area contributed by atoms with Crippen molar-refractivity contribution in [3.05, 3.63) is 46.7 Å². The van der Waals surface area contributed by atoms with Gasteiger partial charge < -0.3 is 14.2 Å². The number of nitrogens with zero attached hydrogens (tertiary/aromatic N) is 2. The van der Waals surface area contributed by atoms with Crippen LogP contribution in [0.4, 0.5) is 0 Å². The van der Waals surface area contributed by atoms with Gasteiger partial charge in [-0.25, -0.2) is 4.98 Å². The van der Waals surface area contributed by atoms with Gasteiger partial charge >= 0.3 is 0 Å². The first-order valence-corrected chi connectivity index (χ1v) is 14.1. The molecule has 2 aromatic heterocycles. The molecule has 1 N–H and O–H groups in total. The second-order valence-corrected chi connectivity index (χ2v) is 14.6. The van der Waals surface area contributed by atoms with Crippen molar-refractivity contribution >= 4 is 19.7 Å². The summed E-state index contributed by atoms with van der Waals surface area (Å²) >= 11 is 5.92. The fourth-order valence-corrected chi connectivity index (χ4v) is 4.37. The smallest absolute Gasteiger partial charge is 0.189 e. The van der Waals surface area contributed by atoms with Gasteiger partial charge in [-0.1, -0.05) is 31.2 Å². The van der Waals surface area contributed by atoms with Gasteiger partial charge in [-0.05, 0) is 35.9 Å². The number of fused-ring (bicyclic) bond motifs is 3. The van der Waals surface area contributed by atoms with E-state index in [9.17, 15) is 0 Å². The van der Waals surface area contributed by atoms with E-state index in [1.165, 1.54) is 5.56 Å². The zero-order chi connectivity index (χ0) is 21.3. The highest BCUT2D eigenvalue weighted by Gasteiger charge is 2.27. The molecule has 8 heteroatoms. The fourth-order valence-electron chi connectivity index (χ4n) is 3.50. The highest BCUT2D eigenvalue weighted by atomic mass is 35.5. The number of aromatic amines is 1. The van der Waals surface area contributed by atoms with Crippen LogP contribution in [-0.2, 0) is 11.2 Å². The summed E-state index contributed by atoms with van der Waals surface area (Å²) < 4.78 is 17.1. The van der Waals surface area contributed by atoms with Crippen molar-refractivity contribution in [1.29, 1.82) is 0 Å². The minimum absolute atomic E-state index is 0.216. The summed E-state index contributed by atoms with van der Waals surface area (Å²) in [5.41, 5.74) is 6.21. The molecule has 0 fully saturated rings. The highest BCUT2D eigenvalue weighted by Crippen LogP contribution is 2.44. The van der Waals surface area contributed by atoms with Crippen molar-refractivity contribution < 1.29 is 14.2 Å². The number of methoxy groups -OCH3 is 1. The quantitative estimate of drug-likeness (QED) is 0.171. The number of halogens is 1. The molecular formula is C22H26ClN3O3Si. The van der Waals surface area contributed by atoms with Gasteiger partial charge in [0.1, 0.15) is 5.15 Å². The maximum Gasteiger partial charge on any atom is 0.189 e. The Morgan fingerprint density at radius 3 is 2.70 bits per heavy atom. The second kappa shape index (κ2) is 8.41. The summed E-state index contributed by atoms with van der Waals surface area (Å²) in [6.07, 6.45) is 2.50. The predicted octanol–water partition coefficient (Wildman–Crippen LogP) is 5.40. The zero-order valence-corrected chi connectivity index (χ0v) is 19.5. The molecule has 2 heterocycles. The van der Waals surface area contributed by atoms with Crippen molar-refractivity contribution in [2.24, 2.45) is 0 Å². The van der Waals surface area contributed by atoms with Crippen LogP contribution in [0.2, 0.25) is 30.8 Å². The maximum atomic E-state index is 5.92. The van der Waals surface area contributed by atoms with E-state index in [-0.39, 0.29) is 6.79 Å². The minimum atomic E-state index is -1.11. The lowest BCUT2D eigenvalue weighted by atomic mass is 10.1. The molecule has 3 aromatic rings. The molecule has 158 valence electrons. The summed E-state index contributed by atoms with van der Waals surface area (Å²) in [5, 5.41) is 8.15. The average molecular weight is 444 g/mol. The van der Waals surface area contributed by atoms with E-state index in [2.05, 4.69) is 34.8 Å². The molecule has 0 spiro atoms. The van der Waals surface area contributed by atoms with Gasteiger partial charge in [-0.15, -0.1) is 0 Å². The fraction of sp³-hybridized carbons (Fsp3) is 0.364. The van der Waals surface area contributed by atoms with E-state index in [1.54, 1.807) is 19.4 Å². The SMILES string of the molecule is COc1cc2c(cc1OCOCC[Si](C)(C)C)Cc1c(-c3ccc(Cl)nc3)n[nH]c1-2. The Hall–Kier alpha value is -2.35. The van der Waals surface area contributed by atoms with Gasteiger partial charge in [-0.3, -0.25) is 5.10 Å². The van der Waals surface area contributed by atoms with Gasteiger partial charge in [0.15, 0.2) is 18.3 Å². The van der Waals surface area contributed by atoms with Crippen molar-refractivity contribution in [1.82, 2.24) is 15.2 Å². The van der Waals surface area contributed by atoms with Crippen LogP contribution < -0.4 is 9.47 Å². The van der Waals surface area contributed by atoms with Crippen LogP contribution in [-0.4, -0.2) is 43.8 Å². The van der Waals surface area contributed by atoms with Crippen LogP contribution in [0.25, 0.3) is 22.5 Å². The lowest BCUT2D eigenvalue weighted by Gasteiger charge is -2.16. The van der Waals surface area contributed by atoms with Crippen molar-refractivity contribution in [2.45, 2.75) is 32.1 Å². The molecule has 30 heavy (non-hydrogen) atoms. The van der Waals surface area contributed by atoms with Crippen LogP contribution >= 0.6 is 11.6 Å². The second-order valence-electron chi connectivity index (χ2n) is 8.61. The largest absolute Gasteiger partial charge is 0.493 e. The molecule has 0 unspecified atom stereocenters. The Morgan fingerprint density at radius 1 is 1.17 bits per heavy atom. The number of pyridine rings is 1. The molecule has 4 rings (SSSR count). The predicted molar refractivity (Wildman–Crippen MR) is 121 cm³/mol. The van der Waals surface area contributed by atoms with E-state index in [0.717, 1.165) is 47.2 Å². The third-order valence-electron chi connectivity index (χ3n) is 5.19. The summed E-state index contributed by atoms with van der Waals surface area (Å²) in [7, 11) is 0.537. The lowest BCUT2D eigenvalue weighted by Crippen LogP contribution is -2.22. The van der Waals surface area contributed by atoms with Crippen LogP contribution in [0.3, 0.4) is 0 Å². The van der Waals surface area contributed by atoms with Gasteiger partial charge in [0, 0.05) is 44.0 Å². The average Bonchev–Trinajstić information content (AvgIpc) is 3.25. The minimum Gasteiger partial charge on any atom is -0.493 e. The number of H-pyrrole nitrogens is 1. The zero-order valence-electron chi connectivity index (χ0n) is 17.7. The molecule has 0 bridgehead atoms. The molecule has 0 amide bonds. The number of nitrogens with one attached hydrogen (secondary N) is 1. The van der Waals surface area contributed by atoms with Crippen molar-refractivity contribution in [3.63, 3.8) is 0 Å². The number of hydrogen-bond acceptors (Lipinski definition) is 5. The third kappa shape index (κ3) is 4.38. The Balaban J connectivity index is 1.52. The van der Waals surface area contributed by atoms with Crippen molar-refractivity contribution in [2.75, 3.05) is 20.5 Å². The maximum absolute atomic E-state index is 5.92. The molecule has 0 aliphatic heterocycles. The van der Waals surface area contributed by atoms with Crippen LogP contribution in [0.5, 0.6) is 11.5 Å². The van der Waals surface area contributed by atoms with Crippen LogP contribution in [0.15, 0.2) is 30.5 Å². The molecule has 1 aliphatic carbocycles. The normalized spacial score (nSPS) is 12.6. The number of aromatic nitrogens is 3. The lowest BCUT2D eigenvalue weighted by molar-refractivity contribution is 0.0205. The van der Waals surface area contributed by atoms with E-state index in [4.69, 9.17) is 25.8 Å². The first-order chi connectivity index (χ1) is 14.4. The summed E-state index contributed by atoms with van der Waals surface area (Å²) in [6, 6.07) is 8.86. The Bertz CT molecular complexity index is 1050. The topological polar surface area (TPSA) is 69.3 Å². The number of rotatable bonds is 8. The van der Waals surface area contributed by atoms with E-state index >= 15 is 0 Å².